The van der Waals surface area contributed by atoms with Crippen molar-refractivity contribution in [2.24, 2.45) is 0 Å². The van der Waals surface area contributed by atoms with Crippen molar-refractivity contribution in [3.63, 3.8) is 0 Å². The quantitative estimate of drug-likeness (QED) is 0.580. The van der Waals surface area contributed by atoms with Gasteiger partial charge in [0.15, 0.2) is 0 Å². The highest BCUT2D eigenvalue weighted by Crippen LogP contribution is 2.16. The van der Waals surface area contributed by atoms with Crippen molar-refractivity contribution in [2.45, 2.75) is 39.2 Å². The molecule has 146 valence electrons. The van der Waals surface area contributed by atoms with Crippen molar-refractivity contribution in [2.75, 3.05) is 12.8 Å². The molecule has 0 aromatic heterocycles. The van der Waals surface area contributed by atoms with Crippen molar-refractivity contribution in [1.82, 2.24) is 4.90 Å². The minimum Gasteiger partial charge on any atom is -0.383 e. The first-order valence-electron chi connectivity index (χ1n) is 9.17. The smallest absolute Gasteiger partial charge is 0.306 e. The zero-order valence-corrected chi connectivity index (χ0v) is 16.7. The molecule has 5 nitrogen and oxygen atoms in total. The molecule has 0 saturated carbocycles. The molecule has 0 aliphatic heterocycles. The van der Waals surface area contributed by atoms with Gasteiger partial charge >= 0.3 is 10.1 Å². The van der Waals surface area contributed by atoms with Crippen LogP contribution in [0.15, 0.2) is 54.6 Å². The average molecular weight is 390 g/mol. The second-order valence-electron chi connectivity index (χ2n) is 6.59. The Morgan fingerprint density at radius 3 is 2.26 bits per heavy atom. The fourth-order valence-electron chi connectivity index (χ4n) is 2.74. The summed E-state index contributed by atoms with van der Waals surface area (Å²) in [5.41, 5.74) is 2.10. The first kappa shape index (κ1) is 21.0. The number of unbranched alkanes of at least 4 members (excludes halogenated alkanes) is 1. The molecule has 0 radical (unpaired) electrons. The minimum atomic E-state index is -3.54. The number of hydrogen-bond acceptors (Lipinski definition) is 4. The molecule has 0 atom stereocenters. The number of rotatable bonds is 10. The molecule has 0 aliphatic carbocycles. The third-order valence-electron chi connectivity index (χ3n) is 4.15. The summed E-state index contributed by atoms with van der Waals surface area (Å²) in [5.74, 6) is 0.403. The summed E-state index contributed by atoms with van der Waals surface area (Å²) in [6, 6.07) is 16.8. The van der Waals surface area contributed by atoms with Crippen LogP contribution in [0, 0.1) is 0 Å². The first-order chi connectivity index (χ1) is 12.9. The molecule has 0 spiro atoms. The maximum absolute atomic E-state index is 12.7. The zero-order chi connectivity index (χ0) is 19.7. The maximum atomic E-state index is 12.7. The highest BCUT2D eigenvalue weighted by atomic mass is 32.2. The third kappa shape index (κ3) is 7.83. The van der Waals surface area contributed by atoms with Gasteiger partial charge in [0.05, 0.1) is 6.26 Å². The zero-order valence-electron chi connectivity index (χ0n) is 15.9. The van der Waals surface area contributed by atoms with Gasteiger partial charge in [0, 0.05) is 19.5 Å². The fourth-order valence-corrected chi connectivity index (χ4v) is 3.20. The molecule has 2 aromatic rings. The van der Waals surface area contributed by atoms with Gasteiger partial charge in [0.1, 0.15) is 5.75 Å². The molecule has 0 N–H and O–H groups in total. The van der Waals surface area contributed by atoms with Gasteiger partial charge in [-0.15, -0.1) is 0 Å². The molecule has 2 aromatic carbocycles. The second kappa shape index (κ2) is 10.1. The predicted molar refractivity (Wildman–Crippen MR) is 107 cm³/mol. The van der Waals surface area contributed by atoms with Crippen LogP contribution in [0.4, 0.5) is 0 Å². The van der Waals surface area contributed by atoms with Gasteiger partial charge in [0.25, 0.3) is 0 Å². The number of nitrogens with zero attached hydrogens (tertiary/aromatic N) is 1. The number of hydrogen-bond donors (Lipinski definition) is 0. The molecular weight excluding hydrogens is 362 g/mol. The lowest BCUT2D eigenvalue weighted by molar-refractivity contribution is -0.131. The number of benzene rings is 2. The Labute approximate surface area is 162 Å². The average Bonchev–Trinajstić information content (AvgIpc) is 2.64. The Morgan fingerprint density at radius 2 is 1.67 bits per heavy atom. The van der Waals surface area contributed by atoms with Gasteiger partial charge in [-0.1, -0.05) is 55.8 Å². The van der Waals surface area contributed by atoms with Crippen molar-refractivity contribution in [1.29, 1.82) is 0 Å². The van der Waals surface area contributed by atoms with Crippen molar-refractivity contribution < 1.29 is 17.4 Å². The number of aryl methyl sites for hydroxylation is 1. The lowest BCUT2D eigenvalue weighted by atomic mass is 10.1. The van der Waals surface area contributed by atoms with Crippen LogP contribution in [-0.2, 0) is 27.9 Å². The topological polar surface area (TPSA) is 63.7 Å². The standard InChI is InChI=1S/C21H27NO4S/c1-3-4-16-22(21(23)15-12-18-8-6-5-7-9-18)17-19-10-13-20(14-11-19)26-27(2,24)25/h5-11,13-14H,3-4,12,15-17H2,1-2H3. The van der Waals surface area contributed by atoms with E-state index in [2.05, 4.69) is 6.92 Å². The van der Waals surface area contributed by atoms with E-state index in [1.807, 2.05) is 35.2 Å². The SMILES string of the molecule is CCCCN(Cc1ccc(OS(C)(=O)=O)cc1)C(=O)CCc1ccccc1. The van der Waals surface area contributed by atoms with Gasteiger partial charge < -0.3 is 9.08 Å². The highest BCUT2D eigenvalue weighted by Gasteiger charge is 2.14. The van der Waals surface area contributed by atoms with Crippen LogP contribution in [0.3, 0.4) is 0 Å². The molecule has 2 rings (SSSR count). The lowest BCUT2D eigenvalue weighted by Gasteiger charge is -2.23. The summed E-state index contributed by atoms with van der Waals surface area (Å²) in [5, 5.41) is 0. The third-order valence-corrected chi connectivity index (χ3v) is 4.64. The summed E-state index contributed by atoms with van der Waals surface area (Å²) in [6.07, 6.45) is 4.18. The van der Waals surface area contributed by atoms with E-state index in [0.717, 1.165) is 36.6 Å². The normalized spacial score (nSPS) is 11.2. The molecule has 1 amide bonds. The van der Waals surface area contributed by atoms with Crippen molar-refractivity contribution >= 4 is 16.0 Å². The molecular formula is C21H27NO4S. The van der Waals surface area contributed by atoms with Crippen LogP contribution in [0.5, 0.6) is 5.75 Å². The van der Waals surface area contributed by atoms with E-state index in [1.165, 1.54) is 0 Å². The summed E-state index contributed by atoms with van der Waals surface area (Å²) in [6.45, 7) is 3.32. The van der Waals surface area contributed by atoms with E-state index in [9.17, 15) is 13.2 Å². The lowest BCUT2D eigenvalue weighted by Crippen LogP contribution is -2.31. The molecule has 0 unspecified atom stereocenters. The van der Waals surface area contributed by atoms with E-state index in [-0.39, 0.29) is 11.7 Å². The van der Waals surface area contributed by atoms with Crippen LogP contribution in [0.2, 0.25) is 0 Å². The monoisotopic (exact) mass is 389 g/mol. The summed E-state index contributed by atoms with van der Waals surface area (Å²) in [4.78, 5) is 14.6. The minimum absolute atomic E-state index is 0.128. The van der Waals surface area contributed by atoms with E-state index in [4.69, 9.17) is 4.18 Å². The van der Waals surface area contributed by atoms with Crippen LogP contribution in [-0.4, -0.2) is 32.0 Å². The van der Waals surface area contributed by atoms with Crippen LogP contribution < -0.4 is 4.18 Å². The Hall–Kier alpha value is -2.34. The Morgan fingerprint density at radius 1 is 1.00 bits per heavy atom. The van der Waals surface area contributed by atoms with Crippen molar-refractivity contribution in [3.8, 4) is 5.75 Å². The van der Waals surface area contributed by atoms with E-state index in [0.29, 0.717) is 19.5 Å². The largest absolute Gasteiger partial charge is 0.383 e. The molecule has 6 heteroatoms. The van der Waals surface area contributed by atoms with Gasteiger partial charge in [0.2, 0.25) is 5.91 Å². The number of carbonyl (C=O) groups is 1. The van der Waals surface area contributed by atoms with Crippen LogP contribution in [0.25, 0.3) is 0 Å². The molecule has 0 aliphatic rings. The highest BCUT2D eigenvalue weighted by molar-refractivity contribution is 7.86. The molecule has 27 heavy (non-hydrogen) atoms. The van der Waals surface area contributed by atoms with Crippen LogP contribution >= 0.6 is 0 Å². The molecule has 0 heterocycles. The Balaban J connectivity index is 1.99. The summed E-state index contributed by atoms with van der Waals surface area (Å²) >= 11 is 0. The number of amides is 1. The van der Waals surface area contributed by atoms with E-state index in [1.54, 1.807) is 24.3 Å². The van der Waals surface area contributed by atoms with Gasteiger partial charge in [-0.3, -0.25) is 4.79 Å². The second-order valence-corrected chi connectivity index (χ2v) is 8.16. The molecule has 0 bridgehead atoms. The molecule has 0 saturated heterocycles. The fraction of sp³-hybridized carbons (Fsp3) is 0.381. The predicted octanol–water partition coefficient (Wildman–Crippen LogP) is 3.79. The number of carbonyl (C=O) groups excluding carboxylic acids is 1. The summed E-state index contributed by atoms with van der Waals surface area (Å²) < 4.78 is 27.2. The molecule has 0 fully saturated rings. The van der Waals surface area contributed by atoms with Crippen LogP contribution in [0.1, 0.15) is 37.3 Å². The van der Waals surface area contributed by atoms with E-state index >= 15 is 0 Å². The van der Waals surface area contributed by atoms with E-state index < -0.39 is 10.1 Å². The van der Waals surface area contributed by atoms with Crippen molar-refractivity contribution in [3.05, 3.63) is 65.7 Å². The maximum Gasteiger partial charge on any atom is 0.306 e. The Kier molecular flexibility index (Phi) is 7.85. The Bertz CT molecular complexity index is 817. The first-order valence-corrected chi connectivity index (χ1v) is 11.0. The van der Waals surface area contributed by atoms with Gasteiger partial charge in [-0.05, 0) is 36.1 Å². The van der Waals surface area contributed by atoms with Gasteiger partial charge in [-0.25, -0.2) is 0 Å². The summed E-state index contributed by atoms with van der Waals surface area (Å²) in [7, 11) is -3.54. The van der Waals surface area contributed by atoms with Gasteiger partial charge in [-0.2, -0.15) is 8.42 Å².